The van der Waals surface area contributed by atoms with E-state index >= 15 is 0 Å². The Balaban J connectivity index is 1.43. The first-order chi connectivity index (χ1) is 14.2. The van der Waals surface area contributed by atoms with Crippen LogP contribution in [0.1, 0.15) is 24.1 Å². The predicted octanol–water partition coefficient (Wildman–Crippen LogP) is 6.14. The molecule has 2 heterocycles. The van der Waals surface area contributed by atoms with Crippen LogP contribution in [-0.2, 0) is 6.54 Å². The summed E-state index contributed by atoms with van der Waals surface area (Å²) in [5, 5.41) is 4.19. The summed E-state index contributed by atoms with van der Waals surface area (Å²) in [6, 6.07) is 25.4. The number of nitrogens with one attached hydrogen (secondary N) is 1. The molecular formula is C24H24N4S. The number of thiazole rings is 1. The molecule has 2 aromatic heterocycles. The van der Waals surface area contributed by atoms with Crippen LogP contribution in [0.3, 0.4) is 0 Å². The summed E-state index contributed by atoms with van der Waals surface area (Å²) in [6.45, 7) is 3.08. The van der Waals surface area contributed by atoms with Gasteiger partial charge in [-0.25, -0.2) is 9.97 Å². The van der Waals surface area contributed by atoms with Crippen molar-refractivity contribution in [3.05, 3.63) is 96.3 Å². The summed E-state index contributed by atoms with van der Waals surface area (Å²) >= 11 is 1.63. The lowest BCUT2D eigenvalue weighted by atomic mass is 10.1. The van der Waals surface area contributed by atoms with Gasteiger partial charge in [0.2, 0.25) is 0 Å². The maximum atomic E-state index is 4.50. The van der Waals surface area contributed by atoms with Crippen LogP contribution in [0.25, 0.3) is 10.4 Å². The molecule has 1 N–H and O–H groups in total. The zero-order chi connectivity index (χ0) is 20.1. The van der Waals surface area contributed by atoms with Gasteiger partial charge in [0.15, 0.2) is 5.13 Å². The van der Waals surface area contributed by atoms with Gasteiger partial charge in [-0.05, 0) is 42.8 Å². The minimum Gasteiger partial charge on any atom is -0.316 e. The molecule has 0 radical (unpaired) electrons. The molecule has 0 aliphatic carbocycles. The summed E-state index contributed by atoms with van der Waals surface area (Å²) in [7, 11) is 2.15. The third-order valence-corrected chi connectivity index (χ3v) is 5.96. The lowest BCUT2D eigenvalue weighted by Gasteiger charge is -2.25. The summed E-state index contributed by atoms with van der Waals surface area (Å²) in [5.74, 6) is 0.817. The van der Waals surface area contributed by atoms with Crippen molar-refractivity contribution in [2.45, 2.75) is 19.5 Å². The fourth-order valence-corrected chi connectivity index (χ4v) is 4.06. The van der Waals surface area contributed by atoms with Crippen molar-refractivity contribution in [3.8, 4) is 10.4 Å². The SMILES string of the molecule is C[C@H](c1ccccc1)N(C)Cc1ccnc(Nc2ncc(-c3ccccc3)s2)c1. The van der Waals surface area contributed by atoms with Crippen molar-refractivity contribution in [3.63, 3.8) is 0 Å². The van der Waals surface area contributed by atoms with Gasteiger partial charge < -0.3 is 5.32 Å². The fraction of sp³-hybridized carbons (Fsp3) is 0.167. The molecule has 146 valence electrons. The topological polar surface area (TPSA) is 41.1 Å². The summed E-state index contributed by atoms with van der Waals surface area (Å²) in [6.07, 6.45) is 3.76. The highest BCUT2D eigenvalue weighted by Crippen LogP contribution is 2.30. The second kappa shape index (κ2) is 8.99. The second-order valence-corrected chi connectivity index (χ2v) is 8.10. The molecule has 4 rings (SSSR count). The van der Waals surface area contributed by atoms with Gasteiger partial charge in [-0.15, -0.1) is 0 Å². The summed E-state index contributed by atoms with van der Waals surface area (Å²) < 4.78 is 0. The molecule has 0 aliphatic heterocycles. The third-order valence-electron chi connectivity index (χ3n) is 5.00. The van der Waals surface area contributed by atoms with Crippen LogP contribution in [-0.4, -0.2) is 21.9 Å². The number of aromatic nitrogens is 2. The van der Waals surface area contributed by atoms with E-state index < -0.39 is 0 Å². The first-order valence-electron chi connectivity index (χ1n) is 9.67. The van der Waals surface area contributed by atoms with Gasteiger partial charge in [-0.3, -0.25) is 4.90 Å². The van der Waals surface area contributed by atoms with Crippen LogP contribution in [0, 0.1) is 0 Å². The Morgan fingerprint density at radius 1 is 0.966 bits per heavy atom. The molecule has 2 aromatic carbocycles. The molecule has 29 heavy (non-hydrogen) atoms. The van der Waals surface area contributed by atoms with Crippen molar-refractivity contribution in [2.75, 3.05) is 12.4 Å². The van der Waals surface area contributed by atoms with Crippen LogP contribution in [0.15, 0.2) is 85.2 Å². The van der Waals surface area contributed by atoms with Gasteiger partial charge in [0.25, 0.3) is 0 Å². The second-order valence-electron chi connectivity index (χ2n) is 7.07. The van der Waals surface area contributed by atoms with Crippen LogP contribution in [0.5, 0.6) is 0 Å². The van der Waals surface area contributed by atoms with E-state index in [1.807, 2.05) is 30.6 Å². The molecule has 0 saturated carbocycles. The molecular weight excluding hydrogens is 376 g/mol. The molecule has 5 heteroatoms. The lowest BCUT2D eigenvalue weighted by molar-refractivity contribution is 0.253. The monoisotopic (exact) mass is 400 g/mol. The highest BCUT2D eigenvalue weighted by molar-refractivity contribution is 7.18. The number of hydrogen-bond donors (Lipinski definition) is 1. The van der Waals surface area contributed by atoms with Crippen LogP contribution < -0.4 is 5.32 Å². The maximum absolute atomic E-state index is 4.50. The predicted molar refractivity (Wildman–Crippen MR) is 121 cm³/mol. The van der Waals surface area contributed by atoms with Gasteiger partial charge in [-0.1, -0.05) is 72.0 Å². The number of rotatable bonds is 7. The van der Waals surface area contributed by atoms with E-state index in [0.29, 0.717) is 6.04 Å². The van der Waals surface area contributed by atoms with Crippen molar-refractivity contribution in [1.29, 1.82) is 0 Å². The van der Waals surface area contributed by atoms with Crippen molar-refractivity contribution < 1.29 is 0 Å². The molecule has 0 unspecified atom stereocenters. The zero-order valence-corrected chi connectivity index (χ0v) is 17.4. The van der Waals surface area contributed by atoms with Crippen LogP contribution in [0.4, 0.5) is 10.9 Å². The first-order valence-corrected chi connectivity index (χ1v) is 10.5. The van der Waals surface area contributed by atoms with E-state index in [9.17, 15) is 0 Å². The first kappa shape index (κ1) is 19.3. The molecule has 0 fully saturated rings. The molecule has 4 aromatic rings. The molecule has 4 nitrogen and oxygen atoms in total. The van der Waals surface area contributed by atoms with Gasteiger partial charge in [0.1, 0.15) is 5.82 Å². The zero-order valence-electron chi connectivity index (χ0n) is 16.6. The normalized spacial score (nSPS) is 12.1. The highest BCUT2D eigenvalue weighted by atomic mass is 32.1. The number of nitrogens with zero attached hydrogens (tertiary/aromatic N) is 3. The van der Waals surface area contributed by atoms with Crippen LogP contribution in [0.2, 0.25) is 0 Å². The Morgan fingerprint density at radius 2 is 1.69 bits per heavy atom. The number of benzene rings is 2. The Hall–Kier alpha value is -3.02. The molecule has 0 bridgehead atoms. The van der Waals surface area contributed by atoms with Gasteiger partial charge >= 0.3 is 0 Å². The lowest BCUT2D eigenvalue weighted by Crippen LogP contribution is -2.21. The molecule has 0 spiro atoms. The number of anilines is 2. The van der Waals surface area contributed by atoms with E-state index in [0.717, 1.165) is 22.4 Å². The Kier molecular flexibility index (Phi) is 5.98. The quantitative estimate of drug-likeness (QED) is 0.404. The largest absolute Gasteiger partial charge is 0.316 e. The van der Waals surface area contributed by atoms with Crippen molar-refractivity contribution >= 4 is 22.3 Å². The summed E-state index contributed by atoms with van der Waals surface area (Å²) in [4.78, 5) is 12.4. The van der Waals surface area contributed by atoms with E-state index in [1.165, 1.54) is 16.7 Å². The average Bonchev–Trinajstić information content (AvgIpc) is 3.23. The average molecular weight is 401 g/mol. The molecule has 1 atom stereocenters. The highest BCUT2D eigenvalue weighted by Gasteiger charge is 2.12. The third kappa shape index (κ3) is 4.88. The van der Waals surface area contributed by atoms with Crippen molar-refractivity contribution in [2.24, 2.45) is 0 Å². The number of hydrogen-bond acceptors (Lipinski definition) is 5. The van der Waals surface area contributed by atoms with Crippen molar-refractivity contribution in [1.82, 2.24) is 14.9 Å². The molecule has 0 aliphatic rings. The Bertz CT molecular complexity index is 1050. The van der Waals surface area contributed by atoms with Gasteiger partial charge in [0, 0.05) is 25.0 Å². The van der Waals surface area contributed by atoms with E-state index in [2.05, 4.69) is 88.8 Å². The fourth-order valence-electron chi connectivity index (χ4n) is 3.23. The maximum Gasteiger partial charge on any atom is 0.188 e. The Labute approximate surface area is 175 Å². The van der Waals surface area contributed by atoms with Crippen LogP contribution >= 0.6 is 11.3 Å². The molecule has 0 amide bonds. The smallest absolute Gasteiger partial charge is 0.188 e. The van der Waals surface area contributed by atoms with E-state index in [1.54, 1.807) is 11.3 Å². The molecule has 0 saturated heterocycles. The van der Waals surface area contributed by atoms with Gasteiger partial charge in [-0.2, -0.15) is 0 Å². The van der Waals surface area contributed by atoms with E-state index in [4.69, 9.17) is 0 Å². The minimum absolute atomic E-state index is 0.341. The number of pyridine rings is 1. The van der Waals surface area contributed by atoms with E-state index in [-0.39, 0.29) is 0 Å². The standard InChI is InChI=1S/C24H24N4S/c1-18(20-9-5-3-6-10-20)28(2)17-19-13-14-25-23(15-19)27-24-26-16-22(29-24)21-11-7-4-8-12-21/h3-16,18H,17H2,1-2H3,(H,25,26,27)/t18-/m1/s1. The Morgan fingerprint density at radius 3 is 2.45 bits per heavy atom. The van der Waals surface area contributed by atoms with Gasteiger partial charge in [0.05, 0.1) is 4.88 Å². The summed E-state index contributed by atoms with van der Waals surface area (Å²) in [5.41, 5.74) is 3.71. The minimum atomic E-state index is 0.341.